The first-order valence-corrected chi connectivity index (χ1v) is 7.16. The van der Waals surface area contributed by atoms with E-state index in [0.717, 1.165) is 16.2 Å². The predicted octanol–water partition coefficient (Wildman–Crippen LogP) is 2.89. The number of nitrogens with one attached hydrogen (secondary N) is 1. The third-order valence-electron chi connectivity index (χ3n) is 3.50. The van der Waals surface area contributed by atoms with Gasteiger partial charge in [-0.3, -0.25) is 4.79 Å². The zero-order valence-electron chi connectivity index (χ0n) is 11.0. The number of aromatic nitrogens is 1. The summed E-state index contributed by atoms with van der Waals surface area (Å²) in [6.45, 7) is 0.642. The molecule has 21 heavy (non-hydrogen) atoms. The molecule has 1 aliphatic heterocycles. The van der Waals surface area contributed by atoms with E-state index in [1.165, 1.54) is 12.1 Å². The van der Waals surface area contributed by atoms with Gasteiger partial charge in [0.05, 0.1) is 19.4 Å². The number of ether oxygens (including phenoxy) is 1. The molecular weight excluding hydrogens is 339 g/mol. The number of halogens is 2. The second-order valence-electron chi connectivity index (χ2n) is 4.90. The van der Waals surface area contributed by atoms with Gasteiger partial charge in [-0.25, -0.2) is 9.37 Å². The van der Waals surface area contributed by atoms with Crippen molar-refractivity contribution < 1.29 is 13.9 Å². The molecule has 108 valence electrons. The second kappa shape index (κ2) is 5.54. The average molecular weight is 351 g/mol. The largest absolute Gasteiger partial charge is 0.378 e. The lowest BCUT2D eigenvalue weighted by Crippen LogP contribution is -2.55. The monoisotopic (exact) mass is 350 g/mol. The van der Waals surface area contributed by atoms with Crippen LogP contribution in [0.4, 0.5) is 10.2 Å². The molecule has 0 unspecified atom stereocenters. The van der Waals surface area contributed by atoms with Gasteiger partial charge in [-0.1, -0.05) is 28.1 Å². The third-order valence-corrected chi connectivity index (χ3v) is 4.03. The predicted molar refractivity (Wildman–Crippen MR) is 79.5 cm³/mol. The topological polar surface area (TPSA) is 51.2 Å². The fraction of sp³-hybridized carbons (Fsp3) is 0.200. The Morgan fingerprint density at radius 1 is 1.24 bits per heavy atom. The van der Waals surface area contributed by atoms with Gasteiger partial charge in [-0.2, -0.15) is 0 Å². The quantitative estimate of drug-likeness (QED) is 0.925. The average Bonchev–Trinajstić information content (AvgIpc) is 2.42. The van der Waals surface area contributed by atoms with E-state index in [-0.39, 0.29) is 5.91 Å². The fourth-order valence-electron chi connectivity index (χ4n) is 2.19. The SMILES string of the molecule is O=C(Nc1ccc(F)cn1)C1(c2ccc(Br)cc2)COC1. The number of nitrogens with zero attached hydrogens (tertiary/aromatic N) is 1. The highest BCUT2D eigenvalue weighted by atomic mass is 79.9. The van der Waals surface area contributed by atoms with Crippen molar-refractivity contribution in [2.45, 2.75) is 5.41 Å². The van der Waals surface area contributed by atoms with Gasteiger partial charge < -0.3 is 10.1 Å². The second-order valence-corrected chi connectivity index (χ2v) is 5.81. The molecule has 6 heteroatoms. The first kappa shape index (κ1) is 14.2. The molecular formula is C15H12BrFN2O2. The summed E-state index contributed by atoms with van der Waals surface area (Å²) >= 11 is 3.37. The Labute approximate surface area is 129 Å². The van der Waals surface area contributed by atoms with Crippen molar-refractivity contribution in [3.63, 3.8) is 0 Å². The molecule has 0 radical (unpaired) electrons. The van der Waals surface area contributed by atoms with Gasteiger partial charge in [0, 0.05) is 4.47 Å². The van der Waals surface area contributed by atoms with Crippen LogP contribution in [-0.4, -0.2) is 24.1 Å². The maximum Gasteiger partial charge on any atom is 0.240 e. The summed E-state index contributed by atoms with van der Waals surface area (Å²) in [5.41, 5.74) is 0.174. The van der Waals surface area contributed by atoms with Crippen LogP contribution in [0.1, 0.15) is 5.56 Å². The van der Waals surface area contributed by atoms with E-state index in [2.05, 4.69) is 26.2 Å². The van der Waals surface area contributed by atoms with Crippen LogP contribution in [0.5, 0.6) is 0 Å². The molecule has 1 aromatic carbocycles. The number of benzene rings is 1. The highest BCUT2D eigenvalue weighted by Gasteiger charge is 2.47. The van der Waals surface area contributed by atoms with E-state index >= 15 is 0 Å². The molecule has 0 saturated carbocycles. The first-order valence-electron chi connectivity index (χ1n) is 6.37. The fourth-order valence-corrected chi connectivity index (χ4v) is 2.45. The van der Waals surface area contributed by atoms with E-state index < -0.39 is 11.2 Å². The summed E-state index contributed by atoms with van der Waals surface area (Å²) in [5.74, 6) is -0.317. The Balaban J connectivity index is 1.83. The van der Waals surface area contributed by atoms with Crippen molar-refractivity contribution in [1.29, 1.82) is 0 Å². The molecule has 1 saturated heterocycles. The molecule has 2 heterocycles. The standard InChI is InChI=1S/C15H12BrFN2O2/c16-11-3-1-10(2-4-11)15(8-21-9-15)14(20)19-13-6-5-12(17)7-18-13/h1-7H,8-9H2,(H,18,19,20). The number of anilines is 1. The van der Waals surface area contributed by atoms with Crippen molar-refractivity contribution in [2.75, 3.05) is 18.5 Å². The summed E-state index contributed by atoms with van der Waals surface area (Å²) in [6, 6.07) is 10.3. The molecule has 1 N–H and O–H groups in total. The minimum Gasteiger partial charge on any atom is -0.378 e. The zero-order valence-corrected chi connectivity index (χ0v) is 12.6. The summed E-state index contributed by atoms with van der Waals surface area (Å²) in [6.07, 6.45) is 1.07. The highest BCUT2D eigenvalue weighted by Crippen LogP contribution is 2.34. The van der Waals surface area contributed by atoms with Gasteiger partial charge >= 0.3 is 0 Å². The summed E-state index contributed by atoms with van der Waals surface area (Å²) in [4.78, 5) is 16.4. The van der Waals surface area contributed by atoms with E-state index in [9.17, 15) is 9.18 Å². The highest BCUT2D eigenvalue weighted by molar-refractivity contribution is 9.10. The number of rotatable bonds is 3. The minimum absolute atomic E-state index is 0.199. The molecule has 4 nitrogen and oxygen atoms in total. The van der Waals surface area contributed by atoms with Crippen molar-refractivity contribution >= 4 is 27.7 Å². The minimum atomic E-state index is -0.712. The molecule has 2 aromatic rings. The van der Waals surface area contributed by atoms with E-state index in [1.54, 1.807) is 0 Å². The van der Waals surface area contributed by atoms with Crippen LogP contribution in [0.3, 0.4) is 0 Å². The van der Waals surface area contributed by atoms with Crippen LogP contribution in [0, 0.1) is 5.82 Å². The van der Waals surface area contributed by atoms with Crippen molar-refractivity contribution in [3.05, 3.63) is 58.4 Å². The molecule has 1 aromatic heterocycles. The van der Waals surface area contributed by atoms with Crippen LogP contribution in [0.15, 0.2) is 47.1 Å². The maximum absolute atomic E-state index is 12.8. The third kappa shape index (κ3) is 2.69. The number of carbonyl (C=O) groups is 1. The molecule has 1 aliphatic rings. The number of hydrogen-bond acceptors (Lipinski definition) is 3. The molecule has 3 rings (SSSR count). The van der Waals surface area contributed by atoms with Crippen LogP contribution >= 0.6 is 15.9 Å². The van der Waals surface area contributed by atoms with Gasteiger partial charge in [0.1, 0.15) is 17.1 Å². The molecule has 1 amide bonds. The van der Waals surface area contributed by atoms with Crippen molar-refractivity contribution in [2.24, 2.45) is 0 Å². The Hall–Kier alpha value is -1.79. The lowest BCUT2D eigenvalue weighted by atomic mass is 9.77. The van der Waals surface area contributed by atoms with Gasteiger partial charge in [0.2, 0.25) is 5.91 Å². The first-order chi connectivity index (χ1) is 10.1. The van der Waals surface area contributed by atoms with E-state index in [0.29, 0.717) is 19.0 Å². The summed E-state index contributed by atoms with van der Waals surface area (Å²) in [7, 11) is 0. The number of amides is 1. The van der Waals surface area contributed by atoms with Gasteiger partial charge in [0.15, 0.2) is 0 Å². The lowest BCUT2D eigenvalue weighted by Gasteiger charge is -2.40. The Bertz CT molecular complexity index is 654. The Morgan fingerprint density at radius 3 is 2.48 bits per heavy atom. The summed E-state index contributed by atoms with van der Waals surface area (Å²) in [5, 5.41) is 2.72. The number of carbonyl (C=O) groups excluding carboxylic acids is 1. The van der Waals surface area contributed by atoms with Gasteiger partial charge in [0.25, 0.3) is 0 Å². The smallest absolute Gasteiger partial charge is 0.240 e. The van der Waals surface area contributed by atoms with Crippen LogP contribution in [0.25, 0.3) is 0 Å². The van der Waals surface area contributed by atoms with E-state index in [4.69, 9.17) is 4.74 Å². The number of hydrogen-bond donors (Lipinski definition) is 1. The zero-order chi connectivity index (χ0) is 14.9. The van der Waals surface area contributed by atoms with Crippen molar-refractivity contribution in [1.82, 2.24) is 4.98 Å². The summed E-state index contributed by atoms with van der Waals surface area (Å²) < 4.78 is 19.0. The van der Waals surface area contributed by atoms with Crippen LogP contribution in [0.2, 0.25) is 0 Å². The molecule has 1 fully saturated rings. The normalized spacial score (nSPS) is 16.1. The maximum atomic E-state index is 12.8. The van der Waals surface area contributed by atoms with Crippen LogP contribution < -0.4 is 5.32 Å². The Kier molecular flexibility index (Phi) is 3.73. The van der Waals surface area contributed by atoms with Gasteiger partial charge in [-0.05, 0) is 29.8 Å². The molecule has 0 bridgehead atoms. The van der Waals surface area contributed by atoms with Crippen molar-refractivity contribution in [3.8, 4) is 0 Å². The number of pyridine rings is 1. The Morgan fingerprint density at radius 2 is 1.95 bits per heavy atom. The van der Waals surface area contributed by atoms with Gasteiger partial charge in [-0.15, -0.1) is 0 Å². The molecule has 0 aliphatic carbocycles. The van der Waals surface area contributed by atoms with E-state index in [1.807, 2.05) is 24.3 Å². The molecule has 0 atom stereocenters. The van der Waals surface area contributed by atoms with Crippen LogP contribution in [-0.2, 0) is 14.9 Å². The molecule has 0 spiro atoms. The lowest BCUT2D eigenvalue weighted by molar-refractivity contribution is -0.139.